The van der Waals surface area contributed by atoms with E-state index in [-0.39, 0.29) is 23.3 Å². The standard InChI is InChI=1S/C21H22FN3O2S/c1-13(2)25-20(27)17-6-4-5-7-18(17)24-21(25)28-14(3)19(26)23-12-15-8-10-16(22)11-9-15/h4-11,13-14H,12H2,1-3H3,(H,23,26)/t14-/m0/s1. The van der Waals surface area contributed by atoms with E-state index in [0.29, 0.717) is 22.6 Å². The maximum atomic E-state index is 13.0. The Bertz CT molecular complexity index is 1050. The molecule has 0 unspecified atom stereocenters. The van der Waals surface area contributed by atoms with Gasteiger partial charge in [0.05, 0.1) is 16.2 Å². The number of nitrogens with zero attached hydrogens (tertiary/aromatic N) is 2. The number of nitrogens with one attached hydrogen (secondary N) is 1. The first kappa shape index (κ1) is 20.1. The fraction of sp³-hybridized carbons (Fsp3) is 0.286. The number of aromatic nitrogens is 2. The van der Waals surface area contributed by atoms with Gasteiger partial charge < -0.3 is 5.32 Å². The third kappa shape index (κ3) is 4.42. The van der Waals surface area contributed by atoms with E-state index in [1.54, 1.807) is 35.8 Å². The lowest BCUT2D eigenvalue weighted by Gasteiger charge is -2.18. The van der Waals surface area contributed by atoms with Crippen LogP contribution in [-0.4, -0.2) is 20.7 Å². The van der Waals surface area contributed by atoms with Gasteiger partial charge in [0.15, 0.2) is 5.16 Å². The van der Waals surface area contributed by atoms with Crippen molar-refractivity contribution in [3.63, 3.8) is 0 Å². The summed E-state index contributed by atoms with van der Waals surface area (Å²) in [5.41, 5.74) is 1.32. The number of hydrogen-bond donors (Lipinski definition) is 1. The van der Waals surface area contributed by atoms with Gasteiger partial charge in [-0.2, -0.15) is 0 Å². The molecule has 1 heterocycles. The molecule has 5 nitrogen and oxygen atoms in total. The summed E-state index contributed by atoms with van der Waals surface area (Å²) in [6.07, 6.45) is 0. The average molecular weight is 399 g/mol. The molecule has 28 heavy (non-hydrogen) atoms. The van der Waals surface area contributed by atoms with Gasteiger partial charge in [0.1, 0.15) is 5.82 Å². The van der Waals surface area contributed by atoms with Crippen molar-refractivity contribution in [2.75, 3.05) is 0 Å². The number of hydrogen-bond acceptors (Lipinski definition) is 4. The molecule has 146 valence electrons. The molecule has 0 radical (unpaired) electrons. The monoisotopic (exact) mass is 399 g/mol. The molecular weight excluding hydrogens is 377 g/mol. The van der Waals surface area contributed by atoms with Crippen molar-refractivity contribution in [2.45, 2.75) is 43.8 Å². The van der Waals surface area contributed by atoms with Gasteiger partial charge in [0, 0.05) is 12.6 Å². The molecule has 1 aromatic heterocycles. The highest BCUT2D eigenvalue weighted by molar-refractivity contribution is 8.00. The summed E-state index contributed by atoms with van der Waals surface area (Å²) in [6, 6.07) is 13.1. The molecule has 3 aromatic rings. The maximum Gasteiger partial charge on any atom is 0.262 e. The number of para-hydroxylation sites is 1. The first-order valence-electron chi connectivity index (χ1n) is 9.07. The first-order valence-corrected chi connectivity index (χ1v) is 9.95. The van der Waals surface area contributed by atoms with Crippen LogP contribution in [0.4, 0.5) is 4.39 Å². The minimum atomic E-state index is -0.446. The largest absolute Gasteiger partial charge is 0.351 e. The van der Waals surface area contributed by atoms with Gasteiger partial charge in [-0.3, -0.25) is 14.2 Å². The number of benzene rings is 2. The van der Waals surface area contributed by atoms with E-state index < -0.39 is 5.25 Å². The lowest BCUT2D eigenvalue weighted by Crippen LogP contribution is -2.32. The Morgan fingerprint density at radius 1 is 1.14 bits per heavy atom. The van der Waals surface area contributed by atoms with E-state index in [0.717, 1.165) is 5.56 Å². The van der Waals surface area contributed by atoms with Crippen molar-refractivity contribution in [1.82, 2.24) is 14.9 Å². The molecule has 0 spiro atoms. The zero-order chi connectivity index (χ0) is 20.3. The van der Waals surface area contributed by atoms with Crippen LogP contribution in [0.2, 0.25) is 0 Å². The molecule has 0 aliphatic heterocycles. The van der Waals surface area contributed by atoms with Gasteiger partial charge in [0.2, 0.25) is 5.91 Å². The second-order valence-corrected chi connectivity index (χ2v) is 8.09. The second kappa shape index (κ2) is 8.56. The smallest absolute Gasteiger partial charge is 0.262 e. The molecule has 0 fully saturated rings. The predicted octanol–water partition coefficient (Wildman–Crippen LogP) is 3.91. The zero-order valence-electron chi connectivity index (χ0n) is 16.0. The lowest BCUT2D eigenvalue weighted by atomic mass is 10.2. The highest BCUT2D eigenvalue weighted by Gasteiger charge is 2.20. The summed E-state index contributed by atoms with van der Waals surface area (Å²) in [5, 5.41) is 3.48. The summed E-state index contributed by atoms with van der Waals surface area (Å²) in [6.45, 7) is 5.92. The Hall–Kier alpha value is -2.67. The molecule has 0 bridgehead atoms. The normalized spacial score (nSPS) is 12.3. The van der Waals surface area contributed by atoms with Crippen LogP contribution < -0.4 is 10.9 Å². The van der Waals surface area contributed by atoms with Gasteiger partial charge >= 0.3 is 0 Å². The fourth-order valence-electron chi connectivity index (χ4n) is 2.81. The number of thioether (sulfide) groups is 1. The predicted molar refractivity (Wildman–Crippen MR) is 110 cm³/mol. The first-order chi connectivity index (χ1) is 13.4. The van der Waals surface area contributed by atoms with Gasteiger partial charge in [-0.05, 0) is 50.6 Å². The summed E-state index contributed by atoms with van der Waals surface area (Å²) < 4.78 is 14.6. The Kier molecular flexibility index (Phi) is 6.14. The van der Waals surface area contributed by atoms with E-state index in [4.69, 9.17) is 0 Å². The minimum absolute atomic E-state index is 0.0819. The number of halogens is 1. The third-order valence-corrected chi connectivity index (χ3v) is 5.39. The SMILES string of the molecule is CC(C)n1c(S[C@@H](C)C(=O)NCc2ccc(F)cc2)nc2ccccc2c1=O. The number of fused-ring (bicyclic) bond motifs is 1. The molecule has 7 heteroatoms. The van der Waals surface area contributed by atoms with Crippen LogP contribution in [0, 0.1) is 5.82 Å². The lowest BCUT2D eigenvalue weighted by molar-refractivity contribution is -0.120. The van der Waals surface area contributed by atoms with Gasteiger partial charge in [-0.15, -0.1) is 0 Å². The quantitative estimate of drug-likeness (QED) is 0.504. The highest BCUT2D eigenvalue weighted by Crippen LogP contribution is 2.25. The topological polar surface area (TPSA) is 64.0 Å². The number of amides is 1. The van der Waals surface area contributed by atoms with E-state index in [1.807, 2.05) is 26.0 Å². The summed E-state index contributed by atoms with van der Waals surface area (Å²) in [7, 11) is 0. The Labute approximate surface area is 167 Å². The van der Waals surface area contributed by atoms with Crippen molar-refractivity contribution in [1.29, 1.82) is 0 Å². The molecule has 0 aliphatic rings. The van der Waals surface area contributed by atoms with Gasteiger partial charge in [-0.25, -0.2) is 9.37 Å². The summed E-state index contributed by atoms with van der Waals surface area (Å²) >= 11 is 1.25. The van der Waals surface area contributed by atoms with Crippen LogP contribution >= 0.6 is 11.8 Å². The molecule has 1 amide bonds. The maximum absolute atomic E-state index is 13.0. The van der Waals surface area contributed by atoms with Crippen molar-refractivity contribution in [3.05, 3.63) is 70.3 Å². The average Bonchev–Trinajstić information content (AvgIpc) is 2.67. The summed E-state index contributed by atoms with van der Waals surface area (Å²) in [4.78, 5) is 30.0. The molecule has 1 atom stereocenters. The molecular formula is C21H22FN3O2S. The minimum Gasteiger partial charge on any atom is -0.351 e. The van der Waals surface area contributed by atoms with Crippen molar-refractivity contribution in [2.24, 2.45) is 0 Å². The Morgan fingerprint density at radius 3 is 2.50 bits per heavy atom. The van der Waals surface area contributed by atoms with E-state index in [2.05, 4.69) is 10.3 Å². The molecule has 0 aliphatic carbocycles. The van der Waals surface area contributed by atoms with Crippen LogP contribution in [0.3, 0.4) is 0 Å². The van der Waals surface area contributed by atoms with Crippen molar-refractivity contribution < 1.29 is 9.18 Å². The number of rotatable bonds is 6. The van der Waals surface area contributed by atoms with Crippen LogP contribution in [0.15, 0.2) is 58.5 Å². The van der Waals surface area contributed by atoms with E-state index in [1.165, 1.54) is 23.9 Å². The highest BCUT2D eigenvalue weighted by atomic mass is 32.2. The third-order valence-electron chi connectivity index (χ3n) is 4.32. The summed E-state index contributed by atoms with van der Waals surface area (Å²) in [5.74, 6) is -0.486. The molecule has 3 rings (SSSR count). The van der Waals surface area contributed by atoms with Crippen LogP contribution in [-0.2, 0) is 11.3 Å². The Balaban J connectivity index is 1.79. The Morgan fingerprint density at radius 2 is 1.82 bits per heavy atom. The zero-order valence-corrected chi connectivity index (χ0v) is 16.8. The van der Waals surface area contributed by atoms with E-state index in [9.17, 15) is 14.0 Å². The second-order valence-electron chi connectivity index (χ2n) is 6.78. The van der Waals surface area contributed by atoms with Crippen LogP contribution in [0.25, 0.3) is 10.9 Å². The van der Waals surface area contributed by atoms with Gasteiger partial charge in [-0.1, -0.05) is 36.0 Å². The van der Waals surface area contributed by atoms with Crippen LogP contribution in [0.5, 0.6) is 0 Å². The van der Waals surface area contributed by atoms with E-state index >= 15 is 0 Å². The molecule has 1 N–H and O–H groups in total. The molecule has 0 saturated heterocycles. The van der Waals surface area contributed by atoms with Crippen molar-refractivity contribution >= 4 is 28.6 Å². The number of carbonyl (C=O) groups excluding carboxylic acids is 1. The number of carbonyl (C=O) groups is 1. The molecule has 2 aromatic carbocycles. The fourth-order valence-corrected chi connectivity index (χ4v) is 3.88. The van der Waals surface area contributed by atoms with Gasteiger partial charge in [0.25, 0.3) is 5.56 Å². The molecule has 0 saturated carbocycles. The van der Waals surface area contributed by atoms with Crippen LogP contribution in [0.1, 0.15) is 32.4 Å². The van der Waals surface area contributed by atoms with Crippen molar-refractivity contribution in [3.8, 4) is 0 Å².